The van der Waals surface area contributed by atoms with Crippen LogP contribution in [-0.2, 0) is 9.53 Å². The van der Waals surface area contributed by atoms with Gasteiger partial charge in [-0.1, -0.05) is 6.92 Å². The van der Waals surface area contributed by atoms with Gasteiger partial charge >= 0.3 is 0 Å². The Kier molecular flexibility index (Phi) is 3.53. The fraction of sp³-hybridized carbons (Fsp3) is 0.889. The molecule has 0 spiro atoms. The van der Waals surface area contributed by atoms with Gasteiger partial charge in [-0.2, -0.15) is 0 Å². The summed E-state index contributed by atoms with van der Waals surface area (Å²) in [6.45, 7) is 3.72. The van der Waals surface area contributed by atoms with Crippen molar-refractivity contribution in [2.75, 3.05) is 20.3 Å². The lowest BCUT2D eigenvalue weighted by molar-refractivity contribution is -0.123. The molecule has 1 amide bonds. The normalized spacial score (nSPS) is 25.5. The molecule has 1 saturated heterocycles. The maximum Gasteiger partial charge on any atom is 0.223 e. The molecule has 0 aromatic rings. The van der Waals surface area contributed by atoms with E-state index in [1.165, 1.54) is 0 Å². The first-order valence-corrected chi connectivity index (χ1v) is 4.52. The van der Waals surface area contributed by atoms with Crippen molar-refractivity contribution in [3.63, 3.8) is 0 Å². The predicted octanol–water partition coefficient (Wildman–Crippen LogP) is 0.795. The zero-order valence-electron chi connectivity index (χ0n) is 7.80. The first-order valence-electron chi connectivity index (χ1n) is 4.52. The van der Waals surface area contributed by atoms with E-state index in [0.717, 1.165) is 26.0 Å². The second-order valence-corrected chi connectivity index (χ2v) is 3.44. The van der Waals surface area contributed by atoms with E-state index in [2.05, 4.69) is 12.2 Å². The van der Waals surface area contributed by atoms with Gasteiger partial charge in [0.1, 0.15) is 0 Å². The van der Waals surface area contributed by atoms with Gasteiger partial charge in [0, 0.05) is 26.2 Å². The number of hydrogen-bond acceptors (Lipinski definition) is 2. The van der Waals surface area contributed by atoms with Crippen molar-refractivity contribution >= 4 is 5.91 Å². The van der Waals surface area contributed by atoms with Crippen molar-refractivity contribution in [3.05, 3.63) is 0 Å². The van der Waals surface area contributed by atoms with Crippen LogP contribution in [0.1, 0.15) is 19.8 Å². The van der Waals surface area contributed by atoms with Crippen LogP contribution in [0.4, 0.5) is 0 Å². The first kappa shape index (κ1) is 9.52. The topological polar surface area (TPSA) is 38.3 Å². The third kappa shape index (κ3) is 2.21. The molecule has 0 aliphatic carbocycles. The number of amides is 1. The molecule has 0 radical (unpaired) electrons. The lowest BCUT2D eigenvalue weighted by Gasteiger charge is -2.15. The van der Waals surface area contributed by atoms with Gasteiger partial charge in [-0.3, -0.25) is 4.79 Å². The highest BCUT2D eigenvalue weighted by Crippen LogP contribution is 2.22. The Morgan fingerprint density at radius 3 is 3.00 bits per heavy atom. The highest BCUT2D eigenvalue weighted by atomic mass is 16.5. The summed E-state index contributed by atoms with van der Waals surface area (Å²) in [4.78, 5) is 11.2. The Labute approximate surface area is 73.5 Å². The summed E-state index contributed by atoms with van der Waals surface area (Å²) >= 11 is 0. The van der Waals surface area contributed by atoms with Crippen LogP contribution in [0.15, 0.2) is 0 Å². The monoisotopic (exact) mass is 171 g/mol. The summed E-state index contributed by atoms with van der Waals surface area (Å²) in [5, 5.41) is 2.85. The molecule has 1 heterocycles. The summed E-state index contributed by atoms with van der Waals surface area (Å²) in [7, 11) is 1.70. The van der Waals surface area contributed by atoms with Crippen molar-refractivity contribution in [2.24, 2.45) is 11.8 Å². The summed E-state index contributed by atoms with van der Waals surface area (Å²) in [6.07, 6.45) is 1.97. The molecule has 2 unspecified atom stereocenters. The van der Waals surface area contributed by atoms with E-state index in [1.807, 2.05) is 0 Å². The second kappa shape index (κ2) is 4.45. The molecule has 0 saturated carbocycles. The lowest BCUT2D eigenvalue weighted by Crippen LogP contribution is -2.24. The lowest BCUT2D eigenvalue weighted by atomic mass is 9.90. The zero-order chi connectivity index (χ0) is 8.97. The van der Waals surface area contributed by atoms with E-state index in [4.69, 9.17) is 4.74 Å². The van der Waals surface area contributed by atoms with Crippen LogP contribution in [0.5, 0.6) is 0 Å². The Balaban J connectivity index is 2.30. The minimum absolute atomic E-state index is 0.221. The highest BCUT2D eigenvalue weighted by molar-refractivity contribution is 5.80. The summed E-state index contributed by atoms with van der Waals surface area (Å²) in [5.74, 6) is 0.895. The smallest absolute Gasteiger partial charge is 0.223 e. The Morgan fingerprint density at radius 1 is 1.75 bits per heavy atom. The van der Waals surface area contributed by atoms with Crippen LogP contribution in [0.2, 0.25) is 0 Å². The van der Waals surface area contributed by atoms with Crippen molar-refractivity contribution in [1.82, 2.24) is 5.32 Å². The zero-order valence-corrected chi connectivity index (χ0v) is 7.80. The van der Waals surface area contributed by atoms with E-state index >= 15 is 0 Å². The Hall–Kier alpha value is -0.570. The van der Waals surface area contributed by atoms with Crippen molar-refractivity contribution in [1.29, 1.82) is 0 Å². The van der Waals surface area contributed by atoms with Gasteiger partial charge in [-0.15, -0.1) is 0 Å². The Bertz CT molecular complexity index is 159. The van der Waals surface area contributed by atoms with Crippen LogP contribution in [0.3, 0.4) is 0 Å². The van der Waals surface area contributed by atoms with Crippen LogP contribution in [0.25, 0.3) is 0 Å². The summed E-state index contributed by atoms with van der Waals surface area (Å²) < 4.78 is 4.98. The van der Waals surface area contributed by atoms with Crippen LogP contribution in [0, 0.1) is 11.8 Å². The molecular weight excluding hydrogens is 154 g/mol. The van der Waals surface area contributed by atoms with E-state index in [0.29, 0.717) is 5.92 Å². The van der Waals surface area contributed by atoms with Gasteiger partial charge < -0.3 is 10.1 Å². The van der Waals surface area contributed by atoms with Crippen molar-refractivity contribution in [3.8, 4) is 0 Å². The van der Waals surface area contributed by atoms with Crippen LogP contribution < -0.4 is 5.32 Å². The fourth-order valence-electron chi connectivity index (χ4n) is 1.66. The number of hydrogen-bond donors (Lipinski definition) is 1. The number of carbonyl (C=O) groups excluding carboxylic acids is 1. The highest BCUT2D eigenvalue weighted by Gasteiger charge is 2.28. The molecule has 12 heavy (non-hydrogen) atoms. The molecule has 1 aliphatic heterocycles. The predicted molar refractivity (Wildman–Crippen MR) is 46.8 cm³/mol. The minimum atomic E-state index is 0.221. The van der Waals surface area contributed by atoms with Crippen molar-refractivity contribution < 1.29 is 9.53 Å². The molecule has 0 aromatic heterocycles. The molecule has 1 aliphatic rings. The second-order valence-electron chi connectivity index (χ2n) is 3.44. The van der Waals surface area contributed by atoms with E-state index in [9.17, 15) is 4.79 Å². The van der Waals surface area contributed by atoms with E-state index in [1.54, 1.807) is 7.11 Å². The summed E-state index contributed by atoms with van der Waals surface area (Å²) in [5.41, 5.74) is 0. The standard InChI is InChI=1S/C9H17NO2/c1-7(4-6-12-2)8-3-5-10-9(8)11/h7-8H,3-6H2,1-2H3,(H,10,11). The SMILES string of the molecule is COCCC(C)C1CCNC1=O. The average Bonchev–Trinajstić information content (AvgIpc) is 2.47. The molecule has 3 nitrogen and oxygen atoms in total. The van der Waals surface area contributed by atoms with Crippen molar-refractivity contribution in [2.45, 2.75) is 19.8 Å². The first-order chi connectivity index (χ1) is 5.75. The van der Waals surface area contributed by atoms with Gasteiger partial charge in [-0.05, 0) is 18.8 Å². The molecular formula is C9H17NO2. The molecule has 70 valence electrons. The molecule has 1 rings (SSSR count). The van der Waals surface area contributed by atoms with Crippen LogP contribution >= 0.6 is 0 Å². The maximum absolute atomic E-state index is 11.2. The van der Waals surface area contributed by atoms with Gasteiger partial charge in [0.15, 0.2) is 0 Å². The third-order valence-electron chi connectivity index (χ3n) is 2.56. The van der Waals surface area contributed by atoms with Gasteiger partial charge in [0.2, 0.25) is 5.91 Å². The number of ether oxygens (including phenoxy) is 1. The van der Waals surface area contributed by atoms with Gasteiger partial charge in [0.05, 0.1) is 0 Å². The fourth-order valence-corrected chi connectivity index (χ4v) is 1.66. The summed E-state index contributed by atoms with van der Waals surface area (Å²) in [6, 6.07) is 0. The molecule has 1 N–H and O–H groups in total. The van der Waals surface area contributed by atoms with E-state index in [-0.39, 0.29) is 11.8 Å². The molecule has 2 atom stereocenters. The number of nitrogens with one attached hydrogen (secondary N) is 1. The number of methoxy groups -OCH3 is 1. The minimum Gasteiger partial charge on any atom is -0.385 e. The number of rotatable bonds is 4. The molecule has 0 aromatic carbocycles. The molecule has 1 fully saturated rings. The van der Waals surface area contributed by atoms with Crippen LogP contribution in [-0.4, -0.2) is 26.2 Å². The largest absolute Gasteiger partial charge is 0.385 e. The number of carbonyl (C=O) groups is 1. The quantitative estimate of drug-likeness (QED) is 0.679. The van der Waals surface area contributed by atoms with Gasteiger partial charge in [-0.25, -0.2) is 0 Å². The molecule has 0 bridgehead atoms. The average molecular weight is 171 g/mol. The third-order valence-corrected chi connectivity index (χ3v) is 2.56. The van der Waals surface area contributed by atoms with Gasteiger partial charge in [0.25, 0.3) is 0 Å². The maximum atomic E-state index is 11.2. The Morgan fingerprint density at radius 2 is 2.50 bits per heavy atom. The molecule has 3 heteroatoms. The van der Waals surface area contributed by atoms with E-state index < -0.39 is 0 Å².